The van der Waals surface area contributed by atoms with Crippen LogP contribution < -0.4 is 0 Å². The van der Waals surface area contributed by atoms with E-state index >= 15 is 0 Å². The number of Topliss-reactive ketones (excluding diaryl/α,β-unsaturated/α-hetero) is 1. The minimum atomic E-state index is -0.479. The van der Waals surface area contributed by atoms with Crippen molar-refractivity contribution in [3.05, 3.63) is 11.6 Å². The van der Waals surface area contributed by atoms with Gasteiger partial charge in [-0.05, 0) is 74.2 Å². The molecule has 2 fully saturated rings. The van der Waals surface area contributed by atoms with Crippen molar-refractivity contribution in [2.45, 2.75) is 91.3 Å². The number of aliphatic hydroxyl groups excluding tert-OH is 2. The van der Waals surface area contributed by atoms with Gasteiger partial charge in [0.1, 0.15) is 0 Å². The summed E-state index contributed by atoms with van der Waals surface area (Å²) >= 11 is 0. The summed E-state index contributed by atoms with van der Waals surface area (Å²) in [5, 5.41) is 28.1. The summed E-state index contributed by atoms with van der Waals surface area (Å²) in [6, 6.07) is 0. The zero-order chi connectivity index (χ0) is 19.5. The Kier molecular flexibility index (Phi) is 7.20. The van der Waals surface area contributed by atoms with Crippen LogP contribution in [0.15, 0.2) is 11.6 Å². The van der Waals surface area contributed by atoms with Gasteiger partial charge < -0.3 is 15.6 Å². The van der Waals surface area contributed by atoms with Crippen LogP contribution in [0.1, 0.15) is 79.1 Å². The fraction of sp³-hybridized carbons (Fsp3) is 0.818. The monoisotopic (exact) mass is 363 g/mol. The van der Waals surface area contributed by atoms with Gasteiger partial charge >= 0.3 is 0 Å². The fourth-order valence-electron chi connectivity index (χ4n) is 4.10. The predicted molar refractivity (Wildman–Crippen MR) is 105 cm³/mol. The first-order valence-electron chi connectivity index (χ1n) is 10.3. The second-order valence-electron chi connectivity index (χ2n) is 9.43. The number of aliphatic hydroxyl groups is 2. The summed E-state index contributed by atoms with van der Waals surface area (Å²) < 4.78 is 0. The summed E-state index contributed by atoms with van der Waals surface area (Å²) in [4.78, 5) is 12.7. The van der Waals surface area contributed by atoms with Gasteiger partial charge in [0.15, 0.2) is 5.78 Å². The van der Waals surface area contributed by atoms with E-state index in [-0.39, 0.29) is 17.1 Å². The average molecular weight is 364 g/mol. The Morgan fingerprint density at radius 3 is 2.15 bits per heavy atom. The standard InChI is InChI=1S/C22H37NO3/c1-14(2)22(3,4)13-18(23)21(26)16-8-5-15(6-9-16)7-10-17-19(24)11-12-20(17)25/h10,14-16,19-20,23-25H,5-9,11-13H2,1-4H3. The predicted octanol–water partition coefficient (Wildman–Crippen LogP) is 4.29. The summed E-state index contributed by atoms with van der Waals surface area (Å²) in [7, 11) is 0. The van der Waals surface area contributed by atoms with Gasteiger partial charge in [0.05, 0.1) is 17.9 Å². The number of nitrogens with one attached hydrogen (secondary N) is 1. The number of carbonyl (C=O) groups is 1. The second kappa shape index (κ2) is 8.79. The first kappa shape index (κ1) is 21.3. The molecule has 0 aromatic carbocycles. The van der Waals surface area contributed by atoms with E-state index in [0.29, 0.717) is 36.8 Å². The van der Waals surface area contributed by atoms with Gasteiger partial charge in [-0.2, -0.15) is 0 Å². The van der Waals surface area contributed by atoms with E-state index in [1.807, 2.05) is 6.08 Å². The zero-order valence-corrected chi connectivity index (χ0v) is 16.9. The first-order valence-corrected chi connectivity index (χ1v) is 10.3. The Balaban J connectivity index is 1.81. The van der Waals surface area contributed by atoms with Gasteiger partial charge in [0.25, 0.3) is 0 Å². The molecule has 2 rings (SSSR count). The van der Waals surface area contributed by atoms with Crippen LogP contribution >= 0.6 is 0 Å². The SMILES string of the molecule is CC(C)C(C)(C)CC(=N)C(=O)C1CCC(CC=C2C(O)CCC2O)CC1. The number of carbonyl (C=O) groups excluding carboxylic acids is 1. The van der Waals surface area contributed by atoms with Crippen molar-refractivity contribution < 1.29 is 15.0 Å². The van der Waals surface area contributed by atoms with Crippen LogP contribution in [0.25, 0.3) is 0 Å². The smallest absolute Gasteiger partial charge is 0.179 e. The summed E-state index contributed by atoms with van der Waals surface area (Å²) in [5.74, 6) is 1.03. The van der Waals surface area contributed by atoms with Gasteiger partial charge in [0, 0.05) is 5.92 Å². The third-order valence-corrected chi connectivity index (χ3v) is 6.88. The molecule has 0 radical (unpaired) electrons. The highest BCUT2D eigenvalue weighted by Crippen LogP contribution is 2.35. The molecule has 0 heterocycles. The van der Waals surface area contributed by atoms with E-state index < -0.39 is 12.2 Å². The Morgan fingerprint density at radius 2 is 1.65 bits per heavy atom. The van der Waals surface area contributed by atoms with Crippen molar-refractivity contribution in [1.82, 2.24) is 0 Å². The van der Waals surface area contributed by atoms with Gasteiger partial charge in [0.2, 0.25) is 0 Å². The second-order valence-corrected chi connectivity index (χ2v) is 9.43. The highest BCUT2D eigenvalue weighted by Gasteiger charge is 2.32. The molecule has 2 saturated carbocycles. The lowest BCUT2D eigenvalue weighted by Crippen LogP contribution is -2.32. The van der Waals surface area contributed by atoms with Crippen LogP contribution in [-0.4, -0.2) is 33.9 Å². The minimum Gasteiger partial charge on any atom is -0.389 e. The molecule has 4 nitrogen and oxygen atoms in total. The molecule has 0 amide bonds. The molecule has 148 valence electrons. The van der Waals surface area contributed by atoms with Crippen LogP contribution in [0, 0.1) is 28.6 Å². The zero-order valence-electron chi connectivity index (χ0n) is 16.9. The van der Waals surface area contributed by atoms with E-state index in [9.17, 15) is 15.0 Å². The van der Waals surface area contributed by atoms with Crippen LogP contribution in [0.5, 0.6) is 0 Å². The molecule has 0 aromatic heterocycles. The van der Waals surface area contributed by atoms with E-state index in [1.54, 1.807) is 0 Å². The Morgan fingerprint density at radius 1 is 1.12 bits per heavy atom. The van der Waals surface area contributed by atoms with E-state index in [2.05, 4.69) is 27.7 Å². The number of hydrogen-bond acceptors (Lipinski definition) is 4. The van der Waals surface area contributed by atoms with Crippen LogP contribution in [0.4, 0.5) is 0 Å². The van der Waals surface area contributed by atoms with Gasteiger partial charge in [-0.15, -0.1) is 0 Å². The number of ketones is 1. The first-order chi connectivity index (χ1) is 12.1. The minimum absolute atomic E-state index is 0.0111. The molecule has 2 atom stereocenters. The molecule has 0 bridgehead atoms. The molecule has 3 N–H and O–H groups in total. The van der Waals surface area contributed by atoms with Crippen LogP contribution in [0.3, 0.4) is 0 Å². The molecule has 2 aliphatic carbocycles. The fourth-order valence-corrected chi connectivity index (χ4v) is 4.10. The van der Waals surface area contributed by atoms with E-state index in [4.69, 9.17) is 5.41 Å². The van der Waals surface area contributed by atoms with E-state index in [0.717, 1.165) is 37.7 Å². The van der Waals surface area contributed by atoms with Crippen molar-refractivity contribution in [2.75, 3.05) is 0 Å². The molecular formula is C22H37NO3. The molecule has 4 heteroatoms. The summed E-state index contributed by atoms with van der Waals surface area (Å²) in [6.07, 6.45) is 7.54. The maximum Gasteiger partial charge on any atom is 0.179 e. The number of rotatable bonds is 7. The van der Waals surface area contributed by atoms with Crippen molar-refractivity contribution in [3.63, 3.8) is 0 Å². The lowest BCUT2D eigenvalue weighted by atomic mass is 9.73. The lowest BCUT2D eigenvalue weighted by molar-refractivity contribution is -0.117. The molecule has 26 heavy (non-hydrogen) atoms. The molecular weight excluding hydrogens is 326 g/mol. The van der Waals surface area contributed by atoms with Crippen molar-refractivity contribution in [1.29, 1.82) is 5.41 Å². The Bertz CT molecular complexity index is 530. The van der Waals surface area contributed by atoms with Crippen molar-refractivity contribution in [3.8, 4) is 0 Å². The maximum absolute atomic E-state index is 12.7. The Hall–Kier alpha value is -1.00. The molecule has 2 aliphatic rings. The molecule has 2 unspecified atom stereocenters. The van der Waals surface area contributed by atoms with Crippen LogP contribution in [-0.2, 0) is 4.79 Å². The molecule has 0 aliphatic heterocycles. The largest absolute Gasteiger partial charge is 0.389 e. The quantitative estimate of drug-likeness (QED) is 0.466. The van der Waals surface area contributed by atoms with Crippen LogP contribution in [0.2, 0.25) is 0 Å². The number of allylic oxidation sites excluding steroid dienone is 1. The van der Waals surface area contributed by atoms with Crippen molar-refractivity contribution >= 4 is 11.5 Å². The average Bonchev–Trinajstić information content (AvgIpc) is 2.90. The highest BCUT2D eigenvalue weighted by molar-refractivity contribution is 6.39. The third-order valence-electron chi connectivity index (χ3n) is 6.88. The third kappa shape index (κ3) is 5.26. The topological polar surface area (TPSA) is 81.4 Å². The lowest BCUT2D eigenvalue weighted by Gasteiger charge is -2.31. The highest BCUT2D eigenvalue weighted by atomic mass is 16.3. The molecule has 0 saturated heterocycles. The maximum atomic E-state index is 12.7. The molecule has 0 spiro atoms. The van der Waals surface area contributed by atoms with Gasteiger partial charge in [-0.3, -0.25) is 4.79 Å². The summed E-state index contributed by atoms with van der Waals surface area (Å²) in [6.45, 7) is 8.57. The van der Waals surface area contributed by atoms with E-state index in [1.165, 1.54) is 0 Å². The number of hydrogen-bond donors (Lipinski definition) is 3. The molecule has 0 aromatic rings. The van der Waals surface area contributed by atoms with Gasteiger partial charge in [-0.25, -0.2) is 0 Å². The van der Waals surface area contributed by atoms with Gasteiger partial charge in [-0.1, -0.05) is 33.8 Å². The summed E-state index contributed by atoms with van der Waals surface area (Å²) in [5.41, 5.74) is 1.08. The normalized spacial score (nSPS) is 29.9. The van der Waals surface area contributed by atoms with Crippen molar-refractivity contribution in [2.24, 2.45) is 23.2 Å². The Labute approximate surface area is 158 Å².